The van der Waals surface area contributed by atoms with Crippen molar-refractivity contribution in [2.24, 2.45) is 5.92 Å². The average Bonchev–Trinajstić information content (AvgIpc) is 2.84. The molecule has 0 radical (unpaired) electrons. The number of anilines is 1. The molecule has 0 saturated carbocycles. The Hall–Kier alpha value is -2.66. The molecular weight excluding hydrogens is 457 g/mol. The number of halogens is 3. The van der Waals surface area contributed by atoms with Gasteiger partial charge in [0.2, 0.25) is 15.9 Å². The summed E-state index contributed by atoms with van der Waals surface area (Å²) >= 11 is 0. The second-order valence-corrected chi connectivity index (χ2v) is 10.2. The zero-order valence-electron chi connectivity index (χ0n) is 17.9. The first-order valence-electron chi connectivity index (χ1n) is 10.8. The predicted molar refractivity (Wildman–Crippen MR) is 116 cm³/mol. The molecular formula is C22H25F3N4O3S. The van der Waals surface area contributed by atoms with Crippen molar-refractivity contribution in [1.82, 2.24) is 14.2 Å². The number of hydrogen-bond donors (Lipinski definition) is 0. The molecule has 0 atom stereocenters. The van der Waals surface area contributed by atoms with Crippen LogP contribution in [0.3, 0.4) is 0 Å². The minimum atomic E-state index is -4.40. The van der Waals surface area contributed by atoms with Crippen molar-refractivity contribution >= 4 is 21.6 Å². The lowest BCUT2D eigenvalue weighted by atomic mass is 9.96. The number of amides is 1. The van der Waals surface area contributed by atoms with Crippen molar-refractivity contribution < 1.29 is 26.4 Å². The molecule has 11 heteroatoms. The van der Waals surface area contributed by atoms with Gasteiger partial charge < -0.3 is 9.80 Å². The SMILES string of the molecule is O=C(C1CCN(S(=O)(=O)c2cccnc2)CC1)N1CCN(c2cccc(C(F)(F)F)c2)CC1. The molecule has 2 aliphatic heterocycles. The topological polar surface area (TPSA) is 73.8 Å². The number of piperidine rings is 1. The second kappa shape index (κ2) is 9.30. The molecule has 0 aliphatic carbocycles. The number of benzene rings is 1. The molecule has 0 bridgehead atoms. The summed E-state index contributed by atoms with van der Waals surface area (Å²) in [4.78, 5) is 20.6. The zero-order chi connectivity index (χ0) is 23.6. The van der Waals surface area contributed by atoms with Gasteiger partial charge in [-0.15, -0.1) is 0 Å². The van der Waals surface area contributed by atoms with Gasteiger partial charge in [-0.3, -0.25) is 9.78 Å². The Labute approximate surface area is 190 Å². The van der Waals surface area contributed by atoms with E-state index < -0.39 is 21.8 Å². The van der Waals surface area contributed by atoms with E-state index in [0.717, 1.165) is 12.1 Å². The molecule has 2 fully saturated rings. The van der Waals surface area contributed by atoms with Crippen molar-refractivity contribution in [3.05, 3.63) is 54.4 Å². The van der Waals surface area contributed by atoms with Gasteiger partial charge in [-0.2, -0.15) is 17.5 Å². The summed E-state index contributed by atoms with van der Waals surface area (Å²) in [7, 11) is -3.63. The summed E-state index contributed by atoms with van der Waals surface area (Å²) in [5.74, 6) is -0.275. The first-order valence-corrected chi connectivity index (χ1v) is 12.2. The van der Waals surface area contributed by atoms with Crippen molar-refractivity contribution in [2.75, 3.05) is 44.2 Å². The monoisotopic (exact) mass is 482 g/mol. The third-order valence-electron chi connectivity index (χ3n) is 6.21. The van der Waals surface area contributed by atoms with Crippen LogP contribution in [0.15, 0.2) is 53.7 Å². The molecule has 3 heterocycles. The number of hydrogen-bond acceptors (Lipinski definition) is 5. The normalized spacial score (nSPS) is 19.0. The van der Waals surface area contributed by atoms with Crippen LogP contribution in [0.4, 0.5) is 18.9 Å². The number of nitrogens with zero attached hydrogens (tertiary/aromatic N) is 4. The highest BCUT2D eigenvalue weighted by atomic mass is 32.2. The summed E-state index contributed by atoms with van der Waals surface area (Å²) in [5, 5.41) is 0. The van der Waals surface area contributed by atoms with E-state index in [9.17, 15) is 26.4 Å². The van der Waals surface area contributed by atoms with Gasteiger partial charge in [0.15, 0.2) is 0 Å². The number of carbonyl (C=O) groups is 1. The van der Waals surface area contributed by atoms with Crippen molar-refractivity contribution in [2.45, 2.75) is 23.9 Å². The molecule has 178 valence electrons. The second-order valence-electron chi connectivity index (χ2n) is 8.23. The lowest BCUT2D eigenvalue weighted by molar-refractivity contribution is -0.137. The van der Waals surface area contributed by atoms with Gasteiger partial charge in [0.1, 0.15) is 4.90 Å². The summed E-state index contributed by atoms with van der Waals surface area (Å²) in [5.41, 5.74) is -0.197. The molecule has 2 aliphatic rings. The van der Waals surface area contributed by atoms with Crippen LogP contribution in [-0.2, 0) is 21.0 Å². The highest BCUT2D eigenvalue weighted by Crippen LogP contribution is 2.32. The fourth-order valence-electron chi connectivity index (χ4n) is 4.31. The van der Waals surface area contributed by atoms with Crippen LogP contribution in [0.5, 0.6) is 0 Å². The third-order valence-corrected chi connectivity index (χ3v) is 8.09. The molecule has 33 heavy (non-hydrogen) atoms. The van der Waals surface area contributed by atoms with E-state index in [1.54, 1.807) is 17.0 Å². The summed E-state index contributed by atoms with van der Waals surface area (Å²) < 4.78 is 65.8. The Balaban J connectivity index is 1.31. The van der Waals surface area contributed by atoms with Crippen LogP contribution in [0, 0.1) is 5.92 Å². The Morgan fingerprint density at radius 1 is 0.970 bits per heavy atom. The van der Waals surface area contributed by atoms with Crippen LogP contribution in [-0.4, -0.2) is 67.8 Å². The highest BCUT2D eigenvalue weighted by molar-refractivity contribution is 7.89. The quantitative estimate of drug-likeness (QED) is 0.670. The fourth-order valence-corrected chi connectivity index (χ4v) is 5.75. The smallest absolute Gasteiger partial charge is 0.368 e. The van der Waals surface area contributed by atoms with Crippen LogP contribution >= 0.6 is 0 Å². The molecule has 1 amide bonds. The molecule has 7 nitrogen and oxygen atoms in total. The van der Waals surface area contributed by atoms with Crippen molar-refractivity contribution in [1.29, 1.82) is 0 Å². The lowest BCUT2D eigenvalue weighted by Gasteiger charge is -2.39. The van der Waals surface area contributed by atoms with Crippen LogP contribution in [0.2, 0.25) is 0 Å². The summed E-state index contributed by atoms with van der Waals surface area (Å²) in [6, 6.07) is 8.29. The van der Waals surface area contributed by atoms with Gasteiger partial charge in [-0.05, 0) is 43.2 Å². The van der Waals surface area contributed by atoms with E-state index in [2.05, 4.69) is 4.98 Å². The first kappa shape index (κ1) is 23.5. The lowest BCUT2D eigenvalue weighted by Crippen LogP contribution is -2.52. The Bertz CT molecular complexity index is 1080. The Morgan fingerprint density at radius 3 is 2.27 bits per heavy atom. The van der Waals surface area contributed by atoms with Gasteiger partial charge in [-0.25, -0.2) is 8.42 Å². The minimum Gasteiger partial charge on any atom is -0.368 e. The first-order chi connectivity index (χ1) is 15.7. The number of carbonyl (C=O) groups excluding carboxylic acids is 1. The molecule has 1 aromatic heterocycles. The number of aromatic nitrogens is 1. The number of alkyl halides is 3. The summed E-state index contributed by atoms with van der Waals surface area (Å²) in [6.45, 7) is 2.25. The maximum Gasteiger partial charge on any atom is 0.416 e. The molecule has 2 aromatic rings. The third kappa shape index (κ3) is 5.14. The van der Waals surface area contributed by atoms with E-state index in [-0.39, 0.29) is 29.8 Å². The molecule has 1 aromatic carbocycles. The molecule has 0 spiro atoms. The maximum atomic E-state index is 13.0. The predicted octanol–water partition coefficient (Wildman–Crippen LogP) is 2.85. The van der Waals surface area contributed by atoms with Crippen LogP contribution < -0.4 is 4.90 Å². The summed E-state index contributed by atoms with van der Waals surface area (Å²) in [6.07, 6.45) is -0.696. The largest absolute Gasteiger partial charge is 0.416 e. The van der Waals surface area contributed by atoms with E-state index in [1.807, 2.05) is 4.90 Å². The van der Waals surface area contributed by atoms with Gasteiger partial charge in [0.05, 0.1) is 5.56 Å². The van der Waals surface area contributed by atoms with E-state index in [4.69, 9.17) is 0 Å². The van der Waals surface area contributed by atoms with Gasteiger partial charge >= 0.3 is 6.18 Å². The van der Waals surface area contributed by atoms with E-state index in [1.165, 1.54) is 28.8 Å². The molecule has 0 unspecified atom stereocenters. The zero-order valence-corrected chi connectivity index (χ0v) is 18.7. The average molecular weight is 483 g/mol. The number of piperazine rings is 1. The Morgan fingerprint density at radius 2 is 1.67 bits per heavy atom. The van der Waals surface area contributed by atoms with Gasteiger partial charge in [-0.1, -0.05) is 6.07 Å². The maximum absolute atomic E-state index is 13.0. The van der Waals surface area contributed by atoms with E-state index in [0.29, 0.717) is 44.7 Å². The fraction of sp³-hybridized carbons (Fsp3) is 0.455. The molecule has 2 saturated heterocycles. The van der Waals surface area contributed by atoms with Crippen LogP contribution in [0.25, 0.3) is 0 Å². The number of pyridine rings is 1. The van der Waals surface area contributed by atoms with Crippen molar-refractivity contribution in [3.8, 4) is 0 Å². The van der Waals surface area contributed by atoms with Crippen molar-refractivity contribution in [3.63, 3.8) is 0 Å². The minimum absolute atomic E-state index is 0.0166. The van der Waals surface area contributed by atoms with Crippen LogP contribution in [0.1, 0.15) is 18.4 Å². The Kier molecular flexibility index (Phi) is 6.62. The number of rotatable bonds is 4. The van der Waals surface area contributed by atoms with Gasteiger partial charge in [0.25, 0.3) is 0 Å². The number of sulfonamides is 1. The highest BCUT2D eigenvalue weighted by Gasteiger charge is 2.35. The van der Waals surface area contributed by atoms with Gasteiger partial charge in [0, 0.05) is 63.3 Å². The standard InChI is InChI=1S/C22H25F3N4O3S/c23-22(24,25)18-3-1-4-19(15-18)27-11-13-28(14-12-27)21(30)17-6-9-29(10-7-17)33(31,32)20-5-2-8-26-16-20/h1-5,8,15-17H,6-7,9-14H2. The molecule has 4 rings (SSSR count). The molecule has 0 N–H and O–H groups in total. The van der Waals surface area contributed by atoms with E-state index >= 15 is 0 Å².